The van der Waals surface area contributed by atoms with Crippen LogP contribution < -0.4 is 0 Å². The maximum Gasteiger partial charge on any atom is 0.169 e. The third-order valence-corrected chi connectivity index (χ3v) is 4.35. The number of ketones is 1. The van der Waals surface area contributed by atoms with Gasteiger partial charge < -0.3 is 4.74 Å². The molecule has 0 amide bonds. The van der Waals surface area contributed by atoms with E-state index in [9.17, 15) is 4.79 Å². The number of carbonyl (C=O) groups excluding carboxylic acids is 1. The molecule has 1 heterocycles. The molecule has 0 saturated heterocycles. The Labute approximate surface area is 102 Å². The summed E-state index contributed by atoms with van der Waals surface area (Å²) < 4.78 is 5.31. The van der Waals surface area contributed by atoms with Gasteiger partial charge in [-0.05, 0) is 31.9 Å². The smallest absolute Gasteiger partial charge is 0.169 e. The molecular weight excluding hydrogens is 220 g/mol. The van der Waals surface area contributed by atoms with Crippen LogP contribution in [-0.4, -0.2) is 18.5 Å². The largest absolute Gasteiger partial charge is 0.371 e. The number of aryl methyl sites for hydroxylation is 1. The number of carbonyl (C=O) groups is 1. The fourth-order valence-electron chi connectivity index (χ4n) is 1.51. The second-order valence-electron chi connectivity index (χ2n) is 4.11. The van der Waals surface area contributed by atoms with Crippen molar-refractivity contribution in [1.29, 1.82) is 0 Å². The van der Waals surface area contributed by atoms with Crippen molar-refractivity contribution in [3.8, 4) is 0 Å². The summed E-state index contributed by atoms with van der Waals surface area (Å²) in [5, 5.41) is 0. The summed E-state index contributed by atoms with van der Waals surface area (Å²) >= 11 is 1.72. The Morgan fingerprint density at radius 2 is 2.00 bits per heavy atom. The predicted molar refractivity (Wildman–Crippen MR) is 68.1 cm³/mol. The summed E-state index contributed by atoms with van der Waals surface area (Å²) in [7, 11) is 1.60. The van der Waals surface area contributed by atoms with Crippen LogP contribution in [0.15, 0.2) is 12.1 Å². The van der Waals surface area contributed by atoms with Crippen LogP contribution >= 0.6 is 11.3 Å². The van der Waals surface area contributed by atoms with Crippen LogP contribution in [0.25, 0.3) is 0 Å². The van der Waals surface area contributed by atoms with Gasteiger partial charge in [-0.15, -0.1) is 11.3 Å². The summed E-state index contributed by atoms with van der Waals surface area (Å²) in [6, 6.07) is 4.15. The standard InChI is InChI=1S/C13H20O2S/c1-5-10-7-8-11(16-10)9-12(14)13(3,6-2)15-4/h7-8H,5-6,9H2,1-4H3. The van der Waals surface area contributed by atoms with Crippen molar-refractivity contribution >= 4 is 17.1 Å². The van der Waals surface area contributed by atoms with Crippen LogP contribution in [0, 0.1) is 0 Å². The monoisotopic (exact) mass is 240 g/mol. The first-order valence-electron chi connectivity index (χ1n) is 5.71. The van der Waals surface area contributed by atoms with Gasteiger partial charge in [0, 0.05) is 23.3 Å². The number of thiophene rings is 1. The Balaban J connectivity index is 2.70. The molecule has 1 aromatic heterocycles. The second kappa shape index (κ2) is 5.60. The second-order valence-corrected chi connectivity index (χ2v) is 5.36. The quantitative estimate of drug-likeness (QED) is 0.763. The fraction of sp³-hybridized carbons (Fsp3) is 0.615. The summed E-state index contributed by atoms with van der Waals surface area (Å²) in [6.07, 6.45) is 2.24. The van der Waals surface area contributed by atoms with E-state index in [1.807, 2.05) is 19.9 Å². The fourth-order valence-corrected chi connectivity index (χ4v) is 2.46. The van der Waals surface area contributed by atoms with Gasteiger partial charge in [0.2, 0.25) is 0 Å². The van der Waals surface area contributed by atoms with Crippen LogP contribution in [0.5, 0.6) is 0 Å². The summed E-state index contributed by atoms with van der Waals surface area (Å²) in [5.74, 6) is 0.169. The number of methoxy groups -OCH3 is 1. The van der Waals surface area contributed by atoms with Gasteiger partial charge in [0.15, 0.2) is 5.78 Å². The van der Waals surface area contributed by atoms with E-state index in [4.69, 9.17) is 4.74 Å². The lowest BCUT2D eigenvalue weighted by molar-refractivity contribution is -0.138. The molecule has 0 saturated carbocycles. The number of ether oxygens (including phenoxy) is 1. The van der Waals surface area contributed by atoms with Gasteiger partial charge in [0.1, 0.15) is 5.60 Å². The summed E-state index contributed by atoms with van der Waals surface area (Å²) in [5.41, 5.74) is -0.629. The molecule has 0 spiro atoms. The molecule has 0 aromatic carbocycles. The van der Waals surface area contributed by atoms with Gasteiger partial charge >= 0.3 is 0 Å². The molecule has 0 aliphatic rings. The van der Waals surface area contributed by atoms with E-state index in [2.05, 4.69) is 13.0 Å². The van der Waals surface area contributed by atoms with Crippen molar-refractivity contribution in [2.24, 2.45) is 0 Å². The summed E-state index contributed by atoms with van der Waals surface area (Å²) in [4.78, 5) is 14.5. The van der Waals surface area contributed by atoms with E-state index in [0.717, 1.165) is 11.3 Å². The first-order chi connectivity index (χ1) is 7.55. The molecule has 0 aliphatic carbocycles. The van der Waals surface area contributed by atoms with Crippen LogP contribution in [0.3, 0.4) is 0 Å². The number of Topliss-reactive ketones (excluding diaryl/α,β-unsaturated/α-hetero) is 1. The summed E-state index contributed by atoms with van der Waals surface area (Å²) in [6.45, 7) is 5.97. The first kappa shape index (κ1) is 13.4. The Hall–Kier alpha value is -0.670. The number of rotatable bonds is 6. The van der Waals surface area contributed by atoms with Crippen LogP contribution in [0.2, 0.25) is 0 Å². The minimum Gasteiger partial charge on any atom is -0.371 e. The normalized spacial score (nSPS) is 14.8. The van der Waals surface area contributed by atoms with Gasteiger partial charge in [0.05, 0.1) is 0 Å². The minimum absolute atomic E-state index is 0.169. The molecule has 1 unspecified atom stereocenters. The third-order valence-electron chi connectivity index (χ3n) is 3.12. The Morgan fingerprint density at radius 3 is 2.44 bits per heavy atom. The van der Waals surface area contributed by atoms with Gasteiger partial charge in [-0.1, -0.05) is 13.8 Å². The van der Waals surface area contributed by atoms with Gasteiger partial charge in [-0.2, -0.15) is 0 Å². The molecule has 0 fully saturated rings. The van der Waals surface area contributed by atoms with Crippen molar-refractivity contribution in [2.45, 2.75) is 45.6 Å². The maximum atomic E-state index is 12.1. The van der Waals surface area contributed by atoms with E-state index in [0.29, 0.717) is 12.8 Å². The van der Waals surface area contributed by atoms with Crippen LogP contribution in [0.4, 0.5) is 0 Å². The Kier molecular flexibility index (Phi) is 4.69. The zero-order chi connectivity index (χ0) is 12.2. The lowest BCUT2D eigenvalue weighted by atomic mass is 9.95. The molecule has 3 heteroatoms. The molecule has 0 radical (unpaired) electrons. The molecule has 1 aromatic rings. The molecule has 0 N–H and O–H groups in total. The van der Waals surface area contributed by atoms with Crippen molar-refractivity contribution in [1.82, 2.24) is 0 Å². The third kappa shape index (κ3) is 2.92. The lowest BCUT2D eigenvalue weighted by Crippen LogP contribution is -2.37. The topological polar surface area (TPSA) is 26.3 Å². The molecule has 0 bridgehead atoms. The van der Waals surface area contributed by atoms with Gasteiger partial charge in [-0.3, -0.25) is 4.79 Å². The van der Waals surface area contributed by atoms with Crippen LogP contribution in [0.1, 0.15) is 36.9 Å². The maximum absolute atomic E-state index is 12.1. The first-order valence-corrected chi connectivity index (χ1v) is 6.53. The zero-order valence-corrected chi connectivity index (χ0v) is 11.3. The predicted octanol–water partition coefficient (Wildman–Crippen LogP) is 3.24. The van der Waals surface area contributed by atoms with Crippen molar-refractivity contribution in [2.75, 3.05) is 7.11 Å². The van der Waals surface area contributed by atoms with E-state index in [-0.39, 0.29) is 5.78 Å². The molecule has 2 nitrogen and oxygen atoms in total. The number of hydrogen-bond donors (Lipinski definition) is 0. The Morgan fingerprint density at radius 1 is 1.38 bits per heavy atom. The Bertz CT molecular complexity index is 351. The highest BCUT2D eigenvalue weighted by atomic mass is 32.1. The molecule has 0 aliphatic heterocycles. The van der Waals surface area contributed by atoms with E-state index in [1.54, 1.807) is 18.4 Å². The molecular formula is C13H20O2S. The molecule has 90 valence electrons. The molecule has 16 heavy (non-hydrogen) atoms. The highest BCUT2D eigenvalue weighted by Gasteiger charge is 2.30. The lowest BCUT2D eigenvalue weighted by Gasteiger charge is -2.24. The van der Waals surface area contributed by atoms with Gasteiger partial charge in [0.25, 0.3) is 0 Å². The van der Waals surface area contributed by atoms with Crippen molar-refractivity contribution in [3.05, 3.63) is 21.9 Å². The van der Waals surface area contributed by atoms with Crippen LogP contribution in [-0.2, 0) is 22.4 Å². The molecule has 1 rings (SSSR count). The average molecular weight is 240 g/mol. The van der Waals surface area contributed by atoms with E-state index in [1.165, 1.54) is 4.88 Å². The van der Waals surface area contributed by atoms with E-state index >= 15 is 0 Å². The van der Waals surface area contributed by atoms with E-state index < -0.39 is 5.60 Å². The average Bonchev–Trinajstić information content (AvgIpc) is 2.75. The van der Waals surface area contributed by atoms with Crippen molar-refractivity contribution < 1.29 is 9.53 Å². The highest BCUT2D eigenvalue weighted by Crippen LogP contribution is 2.22. The minimum atomic E-state index is -0.629. The van der Waals surface area contributed by atoms with Gasteiger partial charge in [-0.25, -0.2) is 0 Å². The molecule has 1 atom stereocenters. The highest BCUT2D eigenvalue weighted by molar-refractivity contribution is 7.12. The number of hydrogen-bond acceptors (Lipinski definition) is 3. The van der Waals surface area contributed by atoms with Crippen molar-refractivity contribution in [3.63, 3.8) is 0 Å². The SMILES string of the molecule is CCc1ccc(CC(=O)C(C)(CC)OC)s1. The zero-order valence-electron chi connectivity index (χ0n) is 10.5.